The summed E-state index contributed by atoms with van der Waals surface area (Å²) in [5, 5.41) is -1.26. The van der Waals surface area contributed by atoms with E-state index in [9.17, 15) is 13.2 Å². The topological polar surface area (TPSA) is 63.6 Å². The quantitative estimate of drug-likeness (QED) is 0.849. The number of Topliss-reactive ketones (excluding diaryl/α,β-unsaturated/α-hetero) is 1. The summed E-state index contributed by atoms with van der Waals surface area (Å²) in [5.74, 6) is -0.420. The van der Waals surface area contributed by atoms with Gasteiger partial charge in [0.2, 0.25) is 0 Å². The molecular weight excluding hydrogens is 310 g/mol. The SMILES string of the molecule is Cc1ccc2c(c1)C(=O)C(S(=O)(=O)c1ccc(C)c(C)c1)C=N2. The zero-order valence-electron chi connectivity index (χ0n) is 13.2. The molecule has 0 bridgehead atoms. The second-order valence-electron chi connectivity index (χ2n) is 5.87. The van der Waals surface area contributed by atoms with Crippen LogP contribution in [0.3, 0.4) is 0 Å². The van der Waals surface area contributed by atoms with Gasteiger partial charge in [0.05, 0.1) is 10.6 Å². The summed E-state index contributed by atoms with van der Waals surface area (Å²) in [6, 6.07) is 10.2. The summed E-state index contributed by atoms with van der Waals surface area (Å²) < 4.78 is 25.7. The molecule has 1 aliphatic heterocycles. The molecule has 4 nitrogen and oxygen atoms in total. The monoisotopic (exact) mass is 327 g/mol. The minimum Gasteiger partial charge on any atom is -0.292 e. The first-order valence-electron chi connectivity index (χ1n) is 7.31. The molecule has 118 valence electrons. The van der Waals surface area contributed by atoms with Gasteiger partial charge in [-0.2, -0.15) is 0 Å². The first kappa shape index (κ1) is 15.6. The number of aryl methyl sites for hydroxylation is 3. The summed E-state index contributed by atoms with van der Waals surface area (Å²) in [5.41, 5.74) is 3.67. The number of sulfone groups is 1. The van der Waals surface area contributed by atoms with E-state index in [-0.39, 0.29) is 4.90 Å². The van der Waals surface area contributed by atoms with Crippen LogP contribution in [-0.4, -0.2) is 25.7 Å². The molecule has 1 heterocycles. The van der Waals surface area contributed by atoms with E-state index in [0.29, 0.717) is 11.3 Å². The lowest BCUT2D eigenvalue weighted by molar-refractivity contribution is 0.100. The molecule has 1 unspecified atom stereocenters. The molecule has 2 aromatic rings. The van der Waals surface area contributed by atoms with Crippen LogP contribution in [0.25, 0.3) is 0 Å². The van der Waals surface area contributed by atoms with Gasteiger partial charge >= 0.3 is 0 Å². The molecule has 0 radical (unpaired) electrons. The van der Waals surface area contributed by atoms with Crippen LogP contribution in [0.2, 0.25) is 0 Å². The molecule has 3 rings (SSSR count). The minimum atomic E-state index is -3.80. The molecule has 0 saturated heterocycles. The molecule has 23 heavy (non-hydrogen) atoms. The largest absolute Gasteiger partial charge is 0.292 e. The zero-order valence-corrected chi connectivity index (χ0v) is 14.0. The summed E-state index contributed by atoms with van der Waals surface area (Å²) in [7, 11) is -3.80. The van der Waals surface area contributed by atoms with Gasteiger partial charge in [-0.15, -0.1) is 0 Å². The Kier molecular flexibility index (Phi) is 3.68. The van der Waals surface area contributed by atoms with Crippen molar-refractivity contribution < 1.29 is 13.2 Å². The Balaban J connectivity index is 2.08. The predicted octanol–water partition coefficient (Wildman–Crippen LogP) is 3.35. The van der Waals surface area contributed by atoms with Gasteiger partial charge in [-0.3, -0.25) is 9.79 Å². The first-order chi connectivity index (χ1) is 10.8. The zero-order chi connectivity index (χ0) is 16.8. The van der Waals surface area contributed by atoms with Crippen LogP contribution in [0.1, 0.15) is 27.0 Å². The third-order valence-corrected chi connectivity index (χ3v) is 6.08. The molecule has 1 aliphatic rings. The fourth-order valence-corrected chi connectivity index (χ4v) is 4.11. The lowest BCUT2D eigenvalue weighted by atomic mass is 10.0. The van der Waals surface area contributed by atoms with Crippen molar-refractivity contribution in [2.75, 3.05) is 0 Å². The maximum absolute atomic E-state index is 12.8. The lowest BCUT2D eigenvalue weighted by Crippen LogP contribution is -2.34. The average molecular weight is 327 g/mol. The van der Waals surface area contributed by atoms with Crippen molar-refractivity contribution in [1.29, 1.82) is 0 Å². The van der Waals surface area contributed by atoms with Crippen molar-refractivity contribution in [3.63, 3.8) is 0 Å². The van der Waals surface area contributed by atoms with Crippen LogP contribution in [0.15, 0.2) is 46.3 Å². The van der Waals surface area contributed by atoms with Crippen molar-refractivity contribution >= 4 is 27.5 Å². The van der Waals surface area contributed by atoms with Crippen molar-refractivity contribution in [3.05, 3.63) is 58.7 Å². The van der Waals surface area contributed by atoms with Crippen LogP contribution >= 0.6 is 0 Å². The Morgan fingerprint density at radius 3 is 2.39 bits per heavy atom. The summed E-state index contributed by atoms with van der Waals surface area (Å²) >= 11 is 0. The highest BCUT2D eigenvalue weighted by atomic mass is 32.2. The number of carbonyl (C=O) groups is 1. The molecule has 0 amide bonds. The lowest BCUT2D eigenvalue weighted by Gasteiger charge is -2.18. The number of ketones is 1. The van der Waals surface area contributed by atoms with Gasteiger partial charge in [0, 0.05) is 11.8 Å². The van der Waals surface area contributed by atoms with E-state index in [1.165, 1.54) is 6.21 Å². The maximum atomic E-state index is 12.8. The van der Waals surface area contributed by atoms with Crippen LogP contribution in [0, 0.1) is 20.8 Å². The van der Waals surface area contributed by atoms with Gasteiger partial charge < -0.3 is 0 Å². The number of hydrogen-bond donors (Lipinski definition) is 0. The molecule has 1 atom stereocenters. The second kappa shape index (κ2) is 5.42. The average Bonchev–Trinajstić information content (AvgIpc) is 2.50. The van der Waals surface area contributed by atoms with Crippen LogP contribution in [0.4, 0.5) is 5.69 Å². The highest BCUT2D eigenvalue weighted by Gasteiger charge is 2.36. The van der Waals surface area contributed by atoms with E-state index >= 15 is 0 Å². The van der Waals surface area contributed by atoms with E-state index in [0.717, 1.165) is 16.7 Å². The Bertz CT molecular complexity index is 943. The number of carbonyl (C=O) groups excluding carboxylic acids is 1. The highest BCUT2D eigenvalue weighted by molar-refractivity contribution is 7.93. The Hall–Kier alpha value is -2.27. The van der Waals surface area contributed by atoms with Crippen LogP contribution in [0.5, 0.6) is 0 Å². The number of nitrogens with zero attached hydrogens (tertiary/aromatic N) is 1. The van der Waals surface area contributed by atoms with Crippen molar-refractivity contribution in [1.82, 2.24) is 0 Å². The summed E-state index contributed by atoms with van der Waals surface area (Å²) in [6.45, 7) is 5.63. The molecule has 0 aromatic heterocycles. The number of fused-ring (bicyclic) bond motifs is 1. The number of aliphatic imine (C=N–C) groups is 1. The highest BCUT2D eigenvalue weighted by Crippen LogP contribution is 2.29. The Morgan fingerprint density at radius 1 is 0.957 bits per heavy atom. The van der Waals surface area contributed by atoms with Gasteiger partial charge in [0.25, 0.3) is 0 Å². The maximum Gasteiger partial charge on any atom is 0.193 e. The van der Waals surface area contributed by atoms with Gasteiger partial charge in [0.15, 0.2) is 20.9 Å². The molecule has 0 aliphatic carbocycles. The number of hydrogen-bond acceptors (Lipinski definition) is 4. The molecular formula is C18H17NO3S. The van der Waals surface area contributed by atoms with Gasteiger partial charge in [-0.25, -0.2) is 8.42 Å². The van der Waals surface area contributed by atoms with E-state index in [4.69, 9.17) is 0 Å². The normalized spacial score (nSPS) is 17.2. The van der Waals surface area contributed by atoms with Crippen LogP contribution in [-0.2, 0) is 9.84 Å². The fourth-order valence-electron chi connectivity index (χ4n) is 2.59. The van der Waals surface area contributed by atoms with E-state index < -0.39 is 20.9 Å². The predicted molar refractivity (Wildman–Crippen MR) is 90.6 cm³/mol. The minimum absolute atomic E-state index is 0.154. The molecule has 2 aromatic carbocycles. The fraction of sp³-hybridized carbons (Fsp3) is 0.222. The van der Waals surface area contributed by atoms with E-state index in [1.807, 2.05) is 26.8 Å². The van der Waals surface area contributed by atoms with E-state index in [1.54, 1.807) is 30.3 Å². The standard InChI is InChI=1S/C18H17NO3S/c1-11-4-7-16-15(8-11)18(20)17(10-19-16)23(21,22)14-6-5-12(2)13(3)9-14/h4-10,17H,1-3H3. The van der Waals surface area contributed by atoms with Gasteiger partial charge in [0.1, 0.15) is 0 Å². The Labute approximate surface area is 135 Å². The summed E-state index contributed by atoms with van der Waals surface area (Å²) in [6.07, 6.45) is 1.24. The molecule has 0 saturated carbocycles. The first-order valence-corrected chi connectivity index (χ1v) is 8.85. The molecule has 0 spiro atoms. The molecule has 0 N–H and O–H groups in total. The van der Waals surface area contributed by atoms with E-state index in [2.05, 4.69) is 4.99 Å². The van der Waals surface area contributed by atoms with Crippen molar-refractivity contribution in [3.8, 4) is 0 Å². The molecule has 5 heteroatoms. The number of benzene rings is 2. The van der Waals surface area contributed by atoms with Gasteiger partial charge in [-0.05, 0) is 56.2 Å². The molecule has 0 fully saturated rings. The third-order valence-electron chi connectivity index (χ3n) is 4.17. The smallest absolute Gasteiger partial charge is 0.193 e. The van der Waals surface area contributed by atoms with Crippen molar-refractivity contribution in [2.24, 2.45) is 4.99 Å². The van der Waals surface area contributed by atoms with Gasteiger partial charge in [-0.1, -0.05) is 17.7 Å². The summed E-state index contributed by atoms with van der Waals surface area (Å²) in [4.78, 5) is 17.0. The van der Waals surface area contributed by atoms with Crippen molar-refractivity contribution in [2.45, 2.75) is 30.9 Å². The third kappa shape index (κ3) is 2.61. The Morgan fingerprint density at radius 2 is 1.70 bits per heavy atom. The van der Waals surface area contributed by atoms with Crippen LogP contribution < -0.4 is 0 Å². The second-order valence-corrected chi connectivity index (χ2v) is 7.94. The number of rotatable bonds is 2.